The summed E-state index contributed by atoms with van der Waals surface area (Å²) in [5.41, 5.74) is 1.65. The van der Waals surface area contributed by atoms with Crippen LogP contribution in [-0.4, -0.2) is 22.1 Å². The average Bonchev–Trinajstić information content (AvgIpc) is 2.89. The molecule has 0 aliphatic carbocycles. The Labute approximate surface area is 109 Å². The molecule has 0 saturated heterocycles. The van der Waals surface area contributed by atoms with Gasteiger partial charge in [-0.05, 0) is 24.1 Å². The van der Waals surface area contributed by atoms with Gasteiger partial charge in [0.15, 0.2) is 5.69 Å². The number of nitrogens with one attached hydrogen (secondary N) is 1. The van der Waals surface area contributed by atoms with Gasteiger partial charge in [-0.25, -0.2) is 4.79 Å². The lowest BCUT2D eigenvalue weighted by Crippen LogP contribution is -2.12. The maximum absolute atomic E-state index is 11.8. The molecule has 1 heterocycles. The van der Waals surface area contributed by atoms with Crippen molar-refractivity contribution in [3.8, 4) is 0 Å². The molecule has 0 saturated carbocycles. The van der Waals surface area contributed by atoms with Gasteiger partial charge in [0, 0.05) is 11.8 Å². The summed E-state index contributed by atoms with van der Waals surface area (Å²) in [6, 6.07) is 8.46. The average molecular weight is 260 g/mol. The van der Waals surface area contributed by atoms with Crippen molar-refractivity contribution in [2.45, 2.75) is 13.3 Å². The lowest BCUT2D eigenvalue weighted by molar-refractivity contribution is 0.0651. The Balaban J connectivity index is 2.13. The number of carbonyl (C=O) groups is 2. The van der Waals surface area contributed by atoms with Crippen molar-refractivity contribution >= 4 is 17.6 Å². The Kier molecular flexibility index (Phi) is 3.61. The van der Waals surface area contributed by atoms with E-state index in [1.54, 1.807) is 6.07 Å². The number of benzene rings is 1. The van der Waals surface area contributed by atoms with Gasteiger partial charge in [-0.1, -0.05) is 24.2 Å². The van der Waals surface area contributed by atoms with Crippen LogP contribution in [0.3, 0.4) is 0 Å². The summed E-state index contributed by atoms with van der Waals surface area (Å²) in [5.74, 6) is -2.14. The lowest BCUT2D eigenvalue weighted by atomic mass is 10.1. The molecule has 2 aromatic rings. The fraction of sp³-hybridized carbons (Fsp3) is 0.154. The van der Waals surface area contributed by atoms with Crippen LogP contribution in [0.15, 0.2) is 34.9 Å². The first-order chi connectivity index (χ1) is 9.10. The number of aromatic nitrogens is 1. The molecule has 0 aliphatic heterocycles. The van der Waals surface area contributed by atoms with Gasteiger partial charge in [0.05, 0.1) is 0 Å². The lowest BCUT2D eigenvalue weighted by Gasteiger charge is -2.04. The Bertz CT molecular complexity index is 619. The van der Waals surface area contributed by atoms with Gasteiger partial charge in [-0.15, -0.1) is 0 Å². The summed E-state index contributed by atoms with van der Waals surface area (Å²) in [5, 5.41) is 14.7. The van der Waals surface area contributed by atoms with E-state index in [2.05, 4.69) is 15.0 Å². The number of aryl methyl sites for hydroxylation is 1. The number of carbonyl (C=O) groups excluding carboxylic acids is 1. The fourth-order valence-corrected chi connectivity index (χ4v) is 1.55. The second-order valence-electron chi connectivity index (χ2n) is 3.89. The highest BCUT2D eigenvalue weighted by molar-refractivity contribution is 6.03. The van der Waals surface area contributed by atoms with E-state index in [9.17, 15) is 9.59 Å². The molecule has 6 heteroatoms. The maximum atomic E-state index is 11.8. The van der Waals surface area contributed by atoms with E-state index in [4.69, 9.17) is 5.11 Å². The van der Waals surface area contributed by atoms with Crippen LogP contribution in [0.2, 0.25) is 0 Å². The molecule has 0 bridgehead atoms. The number of carboxylic acid groups (broad SMARTS) is 1. The number of aromatic carboxylic acids is 1. The zero-order valence-electron chi connectivity index (χ0n) is 10.2. The number of amides is 1. The molecule has 1 aromatic carbocycles. The number of nitrogens with zero attached hydrogens (tertiary/aromatic N) is 1. The third-order valence-corrected chi connectivity index (χ3v) is 2.55. The molecule has 1 amide bonds. The molecular weight excluding hydrogens is 248 g/mol. The molecule has 0 radical (unpaired) electrons. The smallest absolute Gasteiger partial charge is 0.374 e. The zero-order chi connectivity index (χ0) is 13.8. The SMILES string of the molecule is CCc1cccc(NC(=O)c2cc(C(=O)O)on2)c1. The first kappa shape index (κ1) is 12.8. The molecule has 0 fully saturated rings. The van der Waals surface area contributed by atoms with Gasteiger partial charge in [0.2, 0.25) is 5.76 Å². The summed E-state index contributed by atoms with van der Waals surface area (Å²) in [6.07, 6.45) is 0.858. The van der Waals surface area contributed by atoms with Crippen molar-refractivity contribution < 1.29 is 19.2 Å². The van der Waals surface area contributed by atoms with E-state index in [1.807, 2.05) is 25.1 Å². The maximum Gasteiger partial charge on any atom is 0.374 e. The van der Waals surface area contributed by atoms with Crippen molar-refractivity contribution in [2.75, 3.05) is 5.32 Å². The predicted octanol–water partition coefficient (Wildman–Crippen LogP) is 2.19. The minimum absolute atomic E-state index is 0.0701. The van der Waals surface area contributed by atoms with Gasteiger partial charge in [0.1, 0.15) is 0 Å². The highest BCUT2D eigenvalue weighted by atomic mass is 16.5. The first-order valence-electron chi connectivity index (χ1n) is 5.70. The number of anilines is 1. The van der Waals surface area contributed by atoms with Crippen LogP contribution in [0.25, 0.3) is 0 Å². The molecule has 1 aromatic heterocycles. The van der Waals surface area contributed by atoms with Crippen molar-refractivity contribution in [3.63, 3.8) is 0 Å². The van der Waals surface area contributed by atoms with Gasteiger partial charge < -0.3 is 14.9 Å². The summed E-state index contributed by atoms with van der Waals surface area (Å²) in [6.45, 7) is 2.01. The van der Waals surface area contributed by atoms with E-state index < -0.39 is 11.9 Å². The monoisotopic (exact) mass is 260 g/mol. The van der Waals surface area contributed by atoms with Crippen LogP contribution < -0.4 is 5.32 Å². The molecule has 0 aliphatic rings. The highest BCUT2D eigenvalue weighted by Gasteiger charge is 2.16. The van der Waals surface area contributed by atoms with Crippen LogP contribution in [-0.2, 0) is 6.42 Å². The van der Waals surface area contributed by atoms with Gasteiger partial charge >= 0.3 is 5.97 Å². The van der Waals surface area contributed by atoms with E-state index >= 15 is 0 Å². The van der Waals surface area contributed by atoms with Gasteiger partial charge in [0.25, 0.3) is 5.91 Å². The second kappa shape index (κ2) is 5.34. The minimum Gasteiger partial charge on any atom is -0.475 e. The van der Waals surface area contributed by atoms with Crippen LogP contribution in [0.1, 0.15) is 33.5 Å². The topological polar surface area (TPSA) is 92.4 Å². The van der Waals surface area contributed by atoms with Crippen LogP contribution >= 0.6 is 0 Å². The summed E-state index contributed by atoms with van der Waals surface area (Å²) < 4.78 is 4.52. The molecule has 0 atom stereocenters. The molecule has 6 nitrogen and oxygen atoms in total. The first-order valence-corrected chi connectivity index (χ1v) is 5.70. The fourth-order valence-electron chi connectivity index (χ4n) is 1.55. The van der Waals surface area contributed by atoms with Crippen molar-refractivity contribution in [1.82, 2.24) is 5.16 Å². The summed E-state index contributed by atoms with van der Waals surface area (Å²) >= 11 is 0. The second-order valence-corrected chi connectivity index (χ2v) is 3.89. The largest absolute Gasteiger partial charge is 0.475 e. The van der Waals surface area contributed by atoms with Crippen molar-refractivity contribution in [2.24, 2.45) is 0 Å². The standard InChI is InChI=1S/C13H12N2O4/c1-2-8-4-3-5-9(6-8)14-12(16)10-7-11(13(17)18)19-15-10/h3-7H,2H2,1H3,(H,14,16)(H,17,18). The van der Waals surface area contributed by atoms with Crippen LogP contribution in [0.5, 0.6) is 0 Å². The van der Waals surface area contributed by atoms with Crippen molar-refractivity contribution in [1.29, 1.82) is 0 Å². The van der Waals surface area contributed by atoms with Gasteiger partial charge in [-0.2, -0.15) is 0 Å². The minimum atomic E-state index is -1.26. The van der Waals surface area contributed by atoms with Gasteiger partial charge in [-0.3, -0.25) is 4.79 Å². The van der Waals surface area contributed by atoms with E-state index in [-0.39, 0.29) is 11.5 Å². The van der Waals surface area contributed by atoms with E-state index in [0.29, 0.717) is 5.69 Å². The number of hydrogen-bond acceptors (Lipinski definition) is 4. The van der Waals surface area contributed by atoms with Crippen LogP contribution in [0, 0.1) is 0 Å². The highest BCUT2D eigenvalue weighted by Crippen LogP contribution is 2.13. The third-order valence-electron chi connectivity index (χ3n) is 2.55. The third kappa shape index (κ3) is 2.98. The number of rotatable bonds is 4. The molecule has 19 heavy (non-hydrogen) atoms. The molecule has 0 spiro atoms. The normalized spacial score (nSPS) is 10.2. The Morgan fingerprint density at radius 1 is 1.37 bits per heavy atom. The van der Waals surface area contributed by atoms with Crippen molar-refractivity contribution in [3.05, 3.63) is 47.3 Å². The number of hydrogen-bond donors (Lipinski definition) is 2. The Morgan fingerprint density at radius 2 is 2.16 bits per heavy atom. The summed E-state index contributed by atoms with van der Waals surface area (Å²) in [4.78, 5) is 22.4. The predicted molar refractivity (Wildman–Crippen MR) is 67.2 cm³/mol. The zero-order valence-corrected chi connectivity index (χ0v) is 10.2. The molecule has 2 N–H and O–H groups in total. The molecular formula is C13H12N2O4. The van der Waals surface area contributed by atoms with Crippen LogP contribution in [0.4, 0.5) is 5.69 Å². The quantitative estimate of drug-likeness (QED) is 0.879. The number of carboxylic acids is 1. The summed E-state index contributed by atoms with van der Waals surface area (Å²) in [7, 11) is 0. The molecule has 98 valence electrons. The molecule has 2 rings (SSSR count). The van der Waals surface area contributed by atoms with E-state index in [1.165, 1.54) is 0 Å². The Hall–Kier alpha value is -2.63. The van der Waals surface area contributed by atoms with E-state index in [0.717, 1.165) is 18.1 Å². The molecule has 0 unspecified atom stereocenters. The Morgan fingerprint density at radius 3 is 2.79 bits per heavy atom.